The molecule has 8 heavy (non-hydrogen) atoms. The zero-order valence-electron chi connectivity index (χ0n) is 3.93. The molecule has 0 aromatic heterocycles. The fraction of sp³-hybridized carbons (Fsp3) is 1.00. The summed E-state index contributed by atoms with van der Waals surface area (Å²) in [5.74, 6) is 0. The van der Waals surface area contributed by atoms with Crippen LogP contribution in [0.25, 0.3) is 0 Å². The van der Waals surface area contributed by atoms with Gasteiger partial charge in [0.2, 0.25) is 12.0 Å². The second kappa shape index (κ2) is 2.24. The highest BCUT2D eigenvalue weighted by Gasteiger charge is 2.54. The standard InChI is InChI=1S/C2H4Br2Cl2Si2/c3-7(5)1-8(4,6)2-7/h1-2H2. The van der Waals surface area contributed by atoms with E-state index in [-0.39, 0.29) is 0 Å². The van der Waals surface area contributed by atoms with Crippen LogP contribution >= 0.6 is 52.7 Å². The van der Waals surface area contributed by atoms with Gasteiger partial charge in [-0.3, -0.25) is 0 Å². The van der Waals surface area contributed by atoms with Crippen LogP contribution < -0.4 is 0 Å². The molecule has 0 aromatic rings. The van der Waals surface area contributed by atoms with Gasteiger partial charge in [-0.1, -0.05) is 0 Å². The van der Waals surface area contributed by atoms with Crippen LogP contribution in [0.4, 0.5) is 0 Å². The first-order valence-corrected chi connectivity index (χ1v) is 13.5. The monoisotopic (exact) mass is 312 g/mol. The first-order valence-electron chi connectivity index (χ1n) is 2.17. The Morgan fingerprint density at radius 2 is 1.25 bits per heavy atom. The third-order valence-electron chi connectivity index (χ3n) is 1.03. The molecule has 0 bridgehead atoms. The molecule has 0 atom stereocenters. The second-order valence-electron chi connectivity index (χ2n) is 2.07. The van der Waals surface area contributed by atoms with E-state index >= 15 is 0 Å². The summed E-state index contributed by atoms with van der Waals surface area (Å²) in [7, 11) is 0. The van der Waals surface area contributed by atoms with Crippen molar-refractivity contribution in [2.45, 2.75) is 11.3 Å². The molecule has 0 amide bonds. The van der Waals surface area contributed by atoms with Crippen molar-refractivity contribution in [3.8, 4) is 0 Å². The van der Waals surface area contributed by atoms with Crippen LogP contribution in [-0.2, 0) is 0 Å². The van der Waals surface area contributed by atoms with Crippen molar-refractivity contribution in [1.82, 2.24) is 0 Å². The Morgan fingerprint density at radius 3 is 1.25 bits per heavy atom. The maximum atomic E-state index is 5.96. The van der Waals surface area contributed by atoms with Gasteiger partial charge in [-0.15, -0.1) is 30.6 Å². The zero-order valence-corrected chi connectivity index (χ0v) is 10.6. The Morgan fingerprint density at radius 1 is 1.00 bits per heavy atom. The van der Waals surface area contributed by atoms with Gasteiger partial charge < -0.3 is 0 Å². The molecule has 0 spiro atoms. The van der Waals surface area contributed by atoms with Crippen molar-refractivity contribution >= 4 is 64.7 Å². The Hall–Kier alpha value is 1.97. The van der Waals surface area contributed by atoms with Crippen LogP contribution in [0, 0.1) is 0 Å². The van der Waals surface area contributed by atoms with Gasteiger partial charge in [0.1, 0.15) is 0 Å². The molecule has 0 unspecified atom stereocenters. The lowest BCUT2D eigenvalue weighted by Gasteiger charge is -2.37. The Kier molecular flexibility index (Phi) is 2.26. The molecule has 0 nitrogen and oxygen atoms in total. The number of hydrogen-bond donors (Lipinski definition) is 0. The van der Waals surface area contributed by atoms with Crippen LogP contribution in [0.1, 0.15) is 0 Å². The highest BCUT2D eigenvalue weighted by atomic mass is 79.9. The van der Waals surface area contributed by atoms with Gasteiger partial charge in [-0.2, -0.15) is 22.2 Å². The molecule has 0 N–H and O–H groups in total. The summed E-state index contributed by atoms with van der Waals surface area (Å²) in [4.78, 5) is 0. The normalized spacial score (nSPS) is 55.5. The summed E-state index contributed by atoms with van der Waals surface area (Å²) in [5, 5.41) is 0. The summed E-state index contributed by atoms with van der Waals surface area (Å²) in [6, 6.07) is -2.84. The van der Waals surface area contributed by atoms with E-state index in [1.54, 1.807) is 0 Å². The van der Waals surface area contributed by atoms with Gasteiger partial charge in [-0.05, 0) is 11.3 Å². The maximum absolute atomic E-state index is 5.96. The van der Waals surface area contributed by atoms with Gasteiger partial charge in [-0.25, -0.2) is 0 Å². The van der Waals surface area contributed by atoms with Crippen LogP contribution in [0.2, 0.25) is 11.3 Å². The van der Waals surface area contributed by atoms with Crippen molar-refractivity contribution in [3.63, 3.8) is 0 Å². The third-order valence-corrected chi connectivity index (χ3v) is 24.2. The quantitative estimate of drug-likeness (QED) is 0.476. The summed E-state index contributed by atoms with van der Waals surface area (Å²) in [6.45, 7) is 0. The van der Waals surface area contributed by atoms with Gasteiger partial charge in [0.25, 0.3) is 0 Å². The number of hydrogen-bond acceptors (Lipinski definition) is 0. The van der Waals surface area contributed by atoms with E-state index in [2.05, 4.69) is 30.6 Å². The molecule has 0 saturated carbocycles. The van der Waals surface area contributed by atoms with E-state index in [4.69, 9.17) is 22.2 Å². The average molecular weight is 315 g/mol. The Bertz CT molecular complexity index is 92.6. The molecule has 1 saturated heterocycles. The van der Waals surface area contributed by atoms with E-state index in [1.165, 1.54) is 0 Å². The van der Waals surface area contributed by atoms with Gasteiger partial charge in [0, 0.05) is 0 Å². The van der Waals surface area contributed by atoms with Crippen molar-refractivity contribution in [1.29, 1.82) is 0 Å². The van der Waals surface area contributed by atoms with Gasteiger partial charge in [0.15, 0.2) is 0 Å². The molecule has 0 radical (unpaired) electrons. The predicted molar refractivity (Wildman–Crippen MR) is 50.7 cm³/mol. The molecular weight excluding hydrogens is 311 g/mol. The van der Waals surface area contributed by atoms with E-state index < -0.39 is 12.0 Å². The Labute approximate surface area is 75.5 Å². The van der Waals surface area contributed by atoms with Gasteiger partial charge >= 0.3 is 0 Å². The number of halogens is 4. The molecule has 0 aromatic carbocycles. The molecule has 1 aliphatic heterocycles. The minimum atomic E-state index is -1.42. The molecule has 6 heteroatoms. The predicted octanol–water partition coefficient (Wildman–Crippen LogP) is 3.23. The largest absolute Gasteiger partial charge is 0.225 e. The summed E-state index contributed by atoms with van der Waals surface area (Å²) in [6.07, 6.45) is 0. The van der Waals surface area contributed by atoms with Crippen LogP contribution in [-0.4, -0.2) is 12.0 Å². The fourth-order valence-corrected chi connectivity index (χ4v) is 45.6. The molecule has 1 heterocycles. The van der Waals surface area contributed by atoms with E-state index in [0.717, 1.165) is 11.3 Å². The highest BCUT2D eigenvalue weighted by Crippen LogP contribution is 2.52. The first-order chi connectivity index (χ1) is 3.41. The van der Waals surface area contributed by atoms with Crippen molar-refractivity contribution < 1.29 is 0 Å². The van der Waals surface area contributed by atoms with Crippen LogP contribution in [0.3, 0.4) is 0 Å². The molecule has 1 aliphatic rings. The minimum Gasteiger partial charge on any atom is -0.152 e. The van der Waals surface area contributed by atoms with Crippen molar-refractivity contribution in [3.05, 3.63) is 0 Å². The highest BCUT2D eigenvalue weighted by molar-refractivity contribution is 9.31. The first kappa shape index (κ1) is 8.07. The second-order valence-corrected chi connectivity index (χ2v) is 24.5. The Balaban J connectivity index is 2.42. The lowest BCUT2D eigenvalue weighted by atomic mass is 11.8. The third kappa shape index (κ3) is 1.99. The molecular formula is C2H4Br2Cl2Si2. The maximum Gasteiger partial charge on any atom is 0.225 e. The lowest BCUT2D eigenvalue weighted by Crippen LogP contribution is -2.48. The molecule has 1 fully saturated rings. The van der Waals surface area contributed by atoms with Crippen LogP contribution in [0.15, 0.2) is 0 Å². The molecule has 0 aliphatic carbocycles. The molecule has 48 valence electrons. The van der Waals surface area contributed by atoms with Crippen molar-refractivity contribution in [2.24, 2.45) is 0 Å². The fourth-order valence-electron chi connectivity index (χ4n) is 0.705. The summed E-state index contributed by atoms with van der Waals surface area (Å²) < 4.78 is 0. The molecule has 1 rings (SSSR count). The minimum absolute atomic E-state index is 1.04. The SMILES string of the molecule is Cl[Si]1(Br)C[Si](Cl)(Br)C1. The van der Waals surface area contributed by atoms with Crippen LogP contribution in [0.5, 0.6) is 0 Å². The van der Waals surface area contributed by atoms with E-state index in [0.29, 0.717) is 0 Å². The van der Waals surface area contributed by atoms with Gasteiger partial charge in [0.05, 0.1) is 0 Å². The van der Waals surface area contributed by atoms with Crippen molar-refractivity contribution in [2.75, 3.05) is 0 Å². The smallest absolute Gasteiger partial charge is 0.152 e. The summed E-state index contributed by atoms with van der Waals surface area (Å²) in [5.41, 5.74) is 2.09. The lowest BCUT2D eigenvalue weighted by molar-refractivity contribution is 1.63. The van der Waals surface area contributed by atoms with E-state index in [9.17, 15) is 0 Å². The summed E-state index contributed by atoms with van der Waals surface area (Å²) >= 11 is 18.9. The van der Waals surface area contributed by atoms with E-state index in [1.807, 2.05) is 0 Å². The topological polar surface area (TPSA) is 0 Å². The average Bonchev–Trinajstić information content (AvgIpc) is 1.20. The number of rotatable bonds is 0. The zero-order chi connectivity index (χ0) is 6.41.